The second-order valence-electron chi connectivity index (χ2n) is 3.32. The lowest BCUT2D eigenvalue weighted by Crippen LogP contribution is -2.00. The molecular weight excluding hydrogens is 198 g/mol. The summed E-state index contributed by atoms with van der Waals surface area (Å²) in [5, 5.41) is 1.62. The molecule has 0 spiro atoms. The van der Waals surface area contributed by atoms with Crippen LogP contribution in [0, 0.1) is 0 Å². The maximum Gasteiger partial charge on any atom is 0.176 e. The molecule has 0 amide bonds. The molecule has 14 heavy (non-hydrogen) atoms. The van der Waals surface area contributed by atoms with Crippen LogP contribution in [0.15, 0.2) is 24.3 Å². The predicted molar refractivity (Wildman–Crippen MR) is 57.9 cm³/mol. The van der Waals surface area contributed by atoms with Crippen LogP contribution in [0.3, 0.4) is 0 Å². The molecule has 0 saturated carbocycles. The summed E-state index contributed by atoms with van der Waals surface area (Å²) in [7, 11) is 1.87. The Balaban J connectivity index is 2.86. The van der Waals surface area contributed by atoms with Gasteiger partial charge in [0.25, 0.3) is 0 Å². The second-order valence-corrected chi connectivity index (χ2v) is 3.72. The minimum absolute atomic E-state index is 0.0553. The molecule has 0 bridgehead atoms. The fourth-order valence-electron chi connectivity index (χ4n) is 1.66. The number of carbonyl (C=O) groups is 1. The Morgan fingerprint density at radius 1 is 1.43 bits per heavy atom. The topological polar surface area (TPSA) is 22.0 Å². The fraction of sp³-hybridized carbons (Fsp3) is 0.182. The van der Waals surface area contributed by atoms with Gasteiger partial charge in [-0.25, -0.2) is 0 Å². The highest BCUT2D eigenvalue weighted by Crippen LogP contribution is 2.26. The van der Waals surface area contributed by atoms with Crippen LogP contribution in [0.25, 0.3) is 10.9 Å². The molecule has 0 atom stereocenters. The molecule has 0 radical (unpaired) electrons. The number of benzene rings is 1. The summed E-state index contributed by atoms with van der Waals surface area (Å²) in [5.41, 5.74) is 1.68. The summed E-state index contributed by atoms with van der Waals surface area (Å²) in [5.74, 6) is 0.0553. The molecule has 0 saturated heterocycles. The van der Waals surface area contributed by atoms with Gasteiger partial charge in [0.2, 0.25) is 0 Å². The van der Waals surface area contributed by atoms with Gasteiger partial charge in [0.15, 0.2) is 5.78 Å². The number of nitrogens with zero attached hydrogens (tertiary/aromatic N) is 1. The van der Waals surface area contributed by atoms with Gasteiger partial charge in [-0.1, -0.05) is 17.7 Å². The van der Waals surface area contributed by atoms with E-state index in [2.05, 4.69) is 0 Å². The molecular formula is C11H10ClNO. The molecule has 3 heteroatoms. The Morgan fingerprint density at radius 3 is 2.71 bits per heavy atom. The second kappa shape index (κ2) is 3.14. The van der Waals surface area contributed by atoms with E-state index >= 15 is 0 Å². The lowest BCUT2D eigenvalue weighted by molar-refractivity contribution is 0.101. The van der Waals surface area contributed by atoms with Crippen molar-refractivity contribution in [1.82, 2.24) is 4.57 Å². The largest absolute Gasteiger partial charge is 0.341 e. The van der Waals surface area contributed by atoms with Crippen molar-refractivity contribution in [3.63, 3.8) is 0 Å². The first-order chi connectivity index (χ1) is 6.61. The lowest BCUT2D eigenvalue weighted by atomic mass is 10.2. The third-order valence-corrected chi connectivity index (χ3v) is 2.72. The van der Waals surface area contributed by atoms with Crippen LogP contribution in [0.4, 0.5) is 0 Å². The van der Waals surface area contributed by atoms with Gasteiger partial charge in [-0.2, -0.15) is 0 Å². The highest BCUT2D eigenvalue weighted by atomic mass is 35.5. The SMILES string of the molecule is CC(=O)c1cc2c(Cl)cccc2n1C. The number of carbonyl (C=O) groups excluding carboxylic acids is 1. The maximum absolute atomic E-state index is 11.3. The molecule has 0 unspecified atom stereocenters. The Morgan fingerprint density at radius 2 is 2.14 bits per heavy atom. The number of Topliss-reactive ketones (excluding diaryl/α,β-unsaturated/α-hetero) is 1. The van der Waals surface area contributed by atoms with Crippen LogP contribution < -0.4 is 0 Å². The van der Waals surface area contributed by atoms with Crippen molar-refractivity contribution in [1.29, 1.82) is 0 Å². The first kappa shape index (κ1) is 9.28. The highest BCUT2D eigenvalue weighted by molar-refractivity contribution is 6.35. The van der Waals surface area contributed by atoms with Crippen molar-refractivity contribution >= 4 is 28.3 Å². The summed E-state index contributed by atoms with van der Waals surface area (Å²) < 4.78 is 1.86. The average molecular weight is 208 g/mol. The first-order valence-electron chi connectivity index (χ1n) is 4.36. The normalized spacial score (nSPS) is 10.8. The first-order valence-corrected chi connectivity index (χ1v) is 4.74. The molecule has 1 heterocycles. The summed E-state index contributed by atoms with van der Waals surface area (Å²) in [6.45, 7) is 1.56. The lowest BCUT2D eigenvalue weighted by Gasteiger charge is -1.99. The van der Waals surface area contributed by atoms with E-state index in [1.165, 1.54) is 0 Å². The number of hydrogen-bond acceptors (Lipinski definition) is 1. The number of halogens is 1. The van der Waals surface area contributed by atoms with Gasteiger partial charge in [0, 0.05) is 29.9 Å². The molecule has 0 fully saturated rings. The van der Waals surface area contributed by atoms with E-state index in [0.29, 0.717) is 10.7 Å². The van der Waals surface area contributed by atoms with Crippen molar-refractivity contribution in [3.8, 4) is 0 Å². The van der Waals surface area contributed by atoms with Gasteiger partial charge in [0.1, 0.15) is 0 Å². The summed E-state index contributed by atoms with van der Waals surface area (Å²) in [6.07, 6.45) is 0. The van der Waals surface area contributed by atoms with E-state index < -0.39 is 0 Å². The molecule has 0 aliphatic heterocycles. The Kier molecular flexibility index (Phi) is 2.08. The van der Waals surface area contributed by atoms with Crippen molar-refractivity contribution in [2.75, 3.05) is 0 Å². The average Bonchev–Trinajstić information content (AvgIpc) is 2.46. The number of hydrogen-bond donors (Lipinski definition) is 0. The maximum atomic E-state index is 11.3. The number of fused-ring (bicyclic) bond motifs is 1. The smallest absolute Gasteiger partial charge is 0.176 e. The van der Waals surface area contributed by atoms with Crippen molar-refractivity contribution in [3.05, 3.63) is 35.0 Å². The van der Waals surface area contributed by atoms with Gasteiger partial charge in [-0.3, -0.25) is 4.79 Å². The van der Waals surface area contributed by atoms with Crippen molar-refractivity contribution < 1.29 is 4.79 Å². The number of ketones is 1. The third kappa shape index (κ3) is 1.23. The zero-order valence-corrected chi connectivity index (χ0v) is 8.80. The summed E-state index contributed by atoms with van der Waals surface area (Å²) in [4.78, 5) is 11.3. The molecule has 1 aromatic heterocycles. The van der Waals surface area contributed by atoms with Gasteiger partial charge in [-0.05, 0) is 18.2 Å². The molecule has 2 nitrogen and oxygen atoms in total. The third-order valence-electron chi connectivity index (χ3n) is 2.39. The number of rotatable bonds is 1. The van der Waals surface area contributed by atoms with Crippen LogP contribution in [-0.4, -0.2) is 10.4 Å². The Bertz CT molecular complexity index is 513. The highest BCUT2D eigenvalue weighted by Gasteiger charge is 2.10. The number of aromatic nitrogens is 1. The van der Waals surface area contributed by atoms with Crippen LogP contribution in [0.2, 0.25) is 5.02 Å². The standard InChI is InChI=1S/C11H10ClNO/c1-7(14)11-6-8-9(12)4-3-5-10(8)13(11)2/h3-6H,1-2H3. The molecule has 1 aromatic carbocycles. The van der Waals surface area contributed by atoms with E-state index in [9.17, 15) is 4.79 Å². The van der Waals surface area contributed by atoms with E-state index in [1.54, 1.807) is 6.92 Å². The van der Waals surface area contributed by atoms with Crippen molar-refractivity contribution in [2.45, 2.75) is 6.92 Å². The van der Waals surface area contributed by atoms with E-state index in [-0.39, 0.29) is 5.78 Å². The van der Waals surface area contributed by atoms with Gasteiger partial charge in [0.05, 0.1) is 5.69 Å². The zero-order chi connectivity index (χ0) is 10.3. The molecule has 0 aliphatic rings. The molecule has 72 valence electrons. The van der Waals surface area contributed by atoms with Gasteiger partial charge < -0.3 is 4.57 Å². The monoisotopic (exact) mass is 207 g/mol. The van der Waals surface area contributed by atoms with Gasteiger partial charge >= 0.3 is 0 Å². The van der Waals surface area contributed by atoms with Crippen LogP contribution in [0.1, 0.15) is 17.4 Å². The summed E-state index contributed by atoms with van der Waals surface area (Å²) in [6, 6.07) is 7.50. The quantitative estimate of drug-likeness (QED) is 0.659. The molecule has 0 N–H and O–H groups in total. The minimum Gasteiger partial charge on any atom is -0.341 e. The van der Waals surface area contributed by atoms with E-state index in [1.807, 2.05) is 35.9 Å². The van der Waals surface area contributed by atoms with E-state index in [0.717, 1.165) is 10.9 Å². The van der Waals surface area contributed by atoms with Gasteiger partial charge in [-0.15, -0.1) is 0 Å². The Hall–Kier alpha value is -1.28. The van der Waals surface area contributed by atoms with Crippen molar-refractivity contribution in [2.24, 2.45) is 7.05 Å². The zero-order valence-electron chi connectivity index (χ0n) is 8.04. The van der Waals surface area contributed by atoms with Crippen LogP contribution in [0.5, 0.6) is 0 Å². The molecule has 0 aliphatic carbocycles. The molecule has 2 aromatic rings. The van der Waals surface area contributed by atoms with E-state index in [4.69, 9.17) is 11.6 Å². The predicted octanol–water partition coefficient (Wildman–Crippen LogP) is 3.03. The number of aryl methyl sites for hydroxylation is 1. The Labute approximate surface area is 87.1 Å². The van der Waals surface area contributed by atoms with Crippen LogP contribution >= 0.6 is 11.6 Å². The fourth-order valence-corrected chi connectivity index (χ4v) is 1.89. The summed E-state index contributed by atoms with van der Waals surface area (Å²) >= 11 is 6.02. The minimum atomic E-state index is 0.0553. The molecule has 2 rings (SSSR count). The van der Waals surface area contributed by atoms with Crippen LogP contribution in [-0.2, 0) is 7.05 Å².